The highest BCUT2D eigenvalue weighted by molar-refractivity contribution is 5.96. The van der Waals surface area contributed by atoms with Crippen LogP contribution in [0.3, 0.4) is 0 Å². The summed E-state index contributed by atoms with van der Waals surface area (Å²) in [6.45, 7) is 1.48. The van der Waals surface area contributed by atoms with Gasteiger partial charge >= 0.3 is 0 Å². The van der Waals surface area contributed by atoms with Crippen molar-refractivity contribution in [2.75, 3.05) is 31.6 Å². The van der Waals surface area contributed by atoms with E-state index < -0.39 is 0 Å². The number of phenols is 1. The van der Waals surface area contributed by atoms with E-state index in [1.807, 2.05) is 13.1 Å². The Bertz CT molecular complexity index is 1040. The Balaban J connectivity index is 1.60. The number of aromatic nitrogens is 4. The molecule has 10 nitrogen and oxygen atoms in total. The number of hydrogen-bond donors (Lipinski definition) is 5. The number of unbranched alkanes of at least 4 members (excludes halogenated alkanes) is 1. The van der Waals surface area contributed by atoms with Crippen molar-refractivity contribution in [3.05, 3.63) is 41.2 Å². The van der Waals surface area contributed by atoms with Crippen molar-refractivity contribution in [2.24, 2.45) is 0 Å². The van der Waals surface area contributed by atoms with Gasteiger partial charge in [-0.25, -0.2) is 9.97 Å². The number of amides is 1. The van der Waals surface area contributed by atoms with Crippen LogP contribution in [-0.2, 0) is 12.8 Å². The molecule has 0 aliphatic rings. The lowest BCUT2D eigenvalue weighted by atomic mass is 10.0. The lowest BCUT2D eigenvalue weighted by molar-refractivity contribution is 0.0950. The van der Waals surface area contributed by atoms with Gasteiger partial charge in [-0.05, 0) is 57.0 Å². The molecule has 0 saturated heterocycles. The van der Waals surface area contributed by atoms with Crippen molar-refractivity contribution in [3.8, 4) is 5.75 Å². The molecule has 0 bridgehead atoms. The highest BCUT2D eigenvalue weighted by Gasteiger charge is 2.12. The average Bonchev–Trinajstić information content (AvgIpc) is 2.72. The van der Waals surface area contributed by atoms with E-state index in [0.717, 1.165) is 24.9 Å². The van der Waals surface area contributed by atoms with E-state index in [2.05, 4.69) is 30.6 Å². The van der Waals surface area contributed by atoms with Crippen molar-refractivity contribution in [3.63, 3.8) is 0 Å². The van der Waals surface area contributed by atoms with Crippen LogP contribution in [0.1, 0.15) is 34.5 Å². The third kappa shape index (κ3) is 5.29. The van der Waals surface area contributed by atoms with Crippen LogP contribution in [0.15, 0.2) is 24.4 Å². The van der Waals surface area contributed by atoms with E-state index in [4.69, 9.17) is 11.5 Å². The molecule has 0 aliphatic heterocycles. The lowest BCUT2D eigenvalue weighted by Gasteiger charge is -2.09. The van der Waals surface area contributed by atoms with Gasteiger partial charge < -0.3 is 27.2 Å². The van der Waals surface area contributed by atoms with Crippen LogP contribution in [0.4, 0.5) is 11.8 Å². The number of anilines is 2. The van der Waals surface area contributed by atoms with Crippen LogP contribution >= 0.6 is 0 Å². The number of nitrogen functional groups attached to an aromatic ring is 2. The molecule has 1 amide bonds. The first-order chi connectivity index (χ1) is 14.5. The molecule has 30 heavy (non-hydrogen) atoms. The van der Waals surface area contributed by atoms with E-state index in [-0.39, 0.29) is 29.0 Å². The summed E-state index contributed by atoms with van der Waals surface area (Å²) in [5.41, 5.74) is 14.0. The molecule has 3 rings (SSSR count). The Labute approximate surface area is 174 Å². The maximum absolute atomic E-state index is 12.2. The largest absolute Gasteiger partial charge is 0.507 e. The Morgan fingerprint density at radius 3 is 2.67 bits per heavy atom. The summed E-state index contributed by atoms with van der Waals surface area (Å²) in [5.74, 6) is -0.0815. The van der Waals surface area contributed by atoms with Crippen LogP contribution in [0, 0.1) is 0 Å². The predicted molar refractivity (Wildman–Crippen MR) is 115 cm³/mol. The van der Waals surface area contributed by atoms with Crippen molar-refractivity contribution < 1.29 is 9.90 Å². The van der Waals surface area contributed by atoms with E-state index in [1.165, 1.54) is 0 Å². The van der Waals surface area contributed by atoms with Crippen molar-refractivity contribution >= 4 is 28.8 Å². The predicted octanol–water partition coefficient (Wildman–Crippen LogP) is 0.804. The minimum atomic E-state index is -0.279. The summed E-state index contributed by atoms with van der Waals surface area (Å²) in [4.78, 5) is 28.8. The zero-order valence-corrected chi connectivity index (χ0v) is 16.9. The first-order valence-electron chi connectivity index (χ1n) is 9.77. The standard InChI is InChI=1S/C20H26N8O2/c1-23-8-2-3-9-24-19(30)14-7-5-12(10-15(14)29)4-6-13-11-25-18-16(26-13)17(21)27-20(22)28-18/h5,7,10-11,23,29H,2-4,6,8-9H2,1H3,(H,24,30)(H4,21,22,25,27,28). The summed E-state index contributed by atoms with van der Waals surface area (Å²) in [6.07, 6.45) is 4.65. The molecule has 2 aromatic heterocycles. The highest BCUT2D eigenvalue weighted by atomic mass is 16.3. The molecule has 158 valence electrons. The zero-order valence-electron chi connectivity index (χ0n) is 16.9. The minimum Gasteiger partial charge on any atom is -0.507 e. The molecule has 3 aromatic rings. The summed E-state index contributed by atoms with van der Waals surface area (Å²) in [7, 11) is 1.89. The number of aryl methyl sites for hydroxylation is 2. The molecule has 0 aliphatic carbocycles. The second-order valence-electron chi connectivity index (χ2n) is 6.92. The number of carbonyl (C=O) groups is 1. The molecule has 1 aromatic carbocycles. The molecule has 0 unspecified atom stereocenters. The van der Waals surface area contributed by atoms with E-state index in [9.17, 15) is 9.90 Å². The third-order valence-electron chi connectivity index (χ3n) is 4.62. The molecule has 7 N–H and O–H groups in total. The van der Waals surface area contributed by atoms with Crippen LogP contribution in [0.5, 0.6) is 5.75 Å². The first kappa shape index (κ1) is 21.2. The van der Waals surface area contributed by atoms with Gasteiger partial charge in [-0.1, -0.05) is 6.07 Å². The fraction of sp³-hybridized carbons (Fsp3) is 0.350. The van der Waals surface area contributed by atoms with E-state index in [0.29, 0.717) is 36.2 Å². The number of phenolic OH excluding ortho intramolecular Hbond substituents is 1. The van der Waals surface area contributed by atoms with Crippen molar-refractivity contribution in [1.29, 1.82) is 0 Å². The van der Waals surface area contributed by atoms with Gasteiger partial charge in [-0.15, -0.1) is 0 Å². The maximum atomic E-state index is 12.2. The quantitative estimate of drug-likeness (QED) is 0.321. The van der Waals surface area contributed by atoms with Crippen molar-refractivity contribution in [1.82, 2.24) is 30.6 Å². The second-order valence-corrected chi connectivity index (χ2v) is 6.92. The molecule has 0 spiro atoms. The topological polar surface area (TPSA) is 165 Å². The van der Waals surface area contributed by atoms with Gasteiger partial charge in [0.25, 0.3) is 5.91 Å². The summed E-state index contributed by atoms with van der Waals surface area (Å²) >= 11 is 0. The summed E-state index contributed by atoms with van der Waals surface area (Å²) in [6, 6.07) is 5.05. The van der Waals surface area contributed by atoms with E-state index >= 15 is 0 Å². The normalized spacial score (nSPS) is 11.0. The second kappa shape index (κ2) is 9.79. The highest BCUT2D eigenvalue weighted by Crippen LogP contribution is 2.20. The molecule has 10 heteroatoms. The summed E-state index contributed by atoms with van der Waals surface area (Å²) in [5, 5.41) is 16.1. The smallest absolute Gasteiger partial charge is 0.255 e. The molecule has 2 heterocycles. The van der Waals surface area contributed by atoms with Gasteiger partial charge in [-0.2, -0.15) is 9.97 Å². The Hall–Kier alpha value is -3.53. The van der Waals surface area contributed by atoms with Crippen LogP contribution in [-0.4, -0.2) is 51.1 Å². The lowest BCUT2D eigenvalue weighted by Crippen LogP contribution is -2.25. The number of carbonyl (C=O) groups excluding carboxylic acids is 1. The Kier molecular flexibility index (Phi) is 6.91. The Morgan fingerprint density at radius 1 is 1.10 bits per heavy atom. The van der Waals surface area contributed by atoms with Gasteiger partial charge in [0.1, 0.15) is 5.75 Å². The number of hydrogen-bond acceptors (Lipinski definition) is 9. The van der Waals surface area contributed by atoms with Gasteiger partial charge in [0, 0.05) is 6.54 Å². The minimum absolute atomic E-state index is 0.0436. The SMILES string of the molecule is CNCCCCNC(=O)c1ccc(CCc2cnc3nc(N)nc(N)c3n2)cc1O. The monoisotopic (exact) mass is 410 g/mol. The number of aromatic hydroxyl groups is 1. The molecule has 0 radical (unpaired) electrons. The van der Waals surface area contributed by atoms with Crippen LogP contribution < -0.4 is 22.1 Å². The average molecular weight is 410 g/mol. The van der Waals surface area contributed by atoms with Crippen LogP contribution in [0.2, 0.25) is 0 Å². The number of benzene rings is 1. The zero-order chi connectivity index (χ0) is 21.5. The fourth-order valence-electron chi connectivity index (χ4n) is 3.02. The molecule has 0 atom stereocenters. The Morgan fingerprint density at radius 2 is 1.90 bits per heavy atom. The molecular weight excluding hydrogens is 384 g/mol. The van der Waals surface area contributed by atoms with Gasteiger partial charge in [0.15, 0.2) is 17.0 Å². The first-order valence-corrected chi connectivity index (χ1v) is 9.77. The molecule has 0 saturated carbocycles. The number of nitrogens with two attached hydrogens (primary N) is 2. The molecular formula is C20H26N8O2. The number of nitrogens with one attached hydrogen (secondary N) is 2. The third-order valence-corrected chi connectivity index (χ3v) is 4.62. The van der Waals surface area contributed by atoms with Gasteiger partial charge in [-0.3, -0.25) is 4.79 Å². The maximum Gasteiger partial charge on any atom is 0.255 e. The number of nitrogens with zero attached hydrogens (tertiary/aromatic N) is 4. The summed E-state index contributed by atoms with van der Waals surface area (Å²) < 4.78 is 0. The number of rotatable bonds is 9. The van der Waals surface area contributed by atoms with E-state index in [1.54, 1.807) is 18.3 Å². The fourth-order valence-corrected chi connectivity index (χ4v) is 3.02. The van der Waals surface area contributed by atoms with Crippen molar-refractivity contribution in [2.45, 2.75) is 25.7 Å². The van der Waals surface area contributed by atoms with Crippen LogP contribution in [0.25, 0.3) is 11.2 Å². The molecule has 0 fully saturated rings. The van der Waals surface area contributed by atoms with Gasteiger partial charge in [0.2, 0.25) is 5.95 Å². The van der Waals surface area contributed by atoms with Gasteiger partial charge in [0.05, 0.1) is 17.5 Å². The number of fused-ring (bicyclic) bond motifs is 1.